The van der Waals surface area contributed by atoms with Gasteiger partial charge >= 0.3 is 0 Å². The number of hydrogen-bond acceptors (Lipinski definition) is 1. The van der Waals surface area contributed by atoms with Crippen molar-refractivity contribution >= 4 is 11.6 Å². The lowest BCUT2D eigenvalue weighted by molar-refractivity contribution is -0.885. The zero-order chi connectivity index (χ0) is 16.8. The molecule has 0 aliphatic carbocycles. The molecular weight excluding hydrogens is 284 g/mol. The van der Waals surface area contributed by atoms with Gasteiger partial charge in [-0.3, -0.25) is 4.79 Å². The summed E-state index contributed by atoms with van der Waals surface area (Å²) in [5, 5.41) is 3.05. The second-order valence-corrected chi connectivity index (χ2v) is 6.30. The van der Waals surface area contributed by atoms with E-state index in [9.17, 15) is 4.79 Å². The Labute approximate surface area is 139 Å². The van der Waals surface area contributed by atoms with Crippen molar-refractivity contribution < 1.29 is 9.69 Å². The zero-order valence-electron chi connectivity index (χ0n) is 14.6. The first-order valence-corrected chi connectivity index (χ1v) is 8.24. The first-order valence-electron chi connectivity index (χ1n) is 8.24. The number of benzene rings is 2. The fourth-order valence-electron chi connectivity index (χ4n) is 2.77. The fourth-order valence-corrected chi connectivity index (χ4v) is 2.77. The normalized spacial score (nSPS) is 12.0. The second-order valence-electron chi connectivity index (χ2n) is 6.30. The molecule has 0 radical (unpaired) electrons. The number of carbonyl (C=O) groups is 1. The summed E-state index contributed by atoms with van der Waals surface area (Å²) in [5.74, 6) is 0.0603. The van der Waals surface area contributed by atoms with Crippen LogP contribution in [-0.2, 0) is 17.8 Å². The molecule has 0 aliphatic heterocycles. The van der Waals surface area contributed by atoms with Crippen molar-refractivity contribution in [1.82, 2.24) is 0 Å². The first kappa shape index (κ1) is 17.2. The lowest BCUT2D eigenvalue weighted by Gasteiger charge is -2.16. The average Bonchev–Trinajstić information content (AvgIpc) is 2.51. The number of amides is 1. The van der Waals surface area contributed by atoms with Gasteiger partial charge in [0.05, 0.1) is 7.05 Å². The van der Waals surface area contributed by atoms with Crippen LogP contribution in [0, 0.1) is 13.8 Å². The fraction of sp³-hybridized carbons (Fsp3) is 0.350. The number of hydrogen-bond donors (Lipinski definition) is 2. The van der Waals surface area contributed by atoms with Gasteiger partial charge in [0.15, 0.2) is 6.54 Å². The molecule has 0 aromatic heterocycles. The van der Waals surface area contributed by atoms with Crippen LogP contribution < -0.4 is 10.2 Å². The third-order valence-electron chi connectivity index (χ3n) is 4.14. The van der Waals surface area contributed by atoms with Gasteiger partial charge in [0.2, 0.25) is 0 Å². The van der Waals surface area contributed by atoms with Gasteiger partial charge in [0.25, 0.3) is 5.91 Å². The molecule has 2 aromatic rings. The van der Waals surface area contributed by atoms with Crippen molar-refractivity contribution in [3.05, 3.63) is 64.7 Å². The molecular formula is C20H27N2O+. The summed E-state index contributed by atoms with van der Waals surface area (Å²) >= 11 is 0. The van der Waals surface area contributed by atoms with E-state index in [0.717, 1.165) is 29.8 Å². The number of para-hydroxylation sites is 1. The molecule has 0 spiro atoms. The summed E-state index contributed by atoms with van der Waals surface area (Å²) in [6.07, 6.45) is 1.06. The standard InChI is InChI=1S/C20H26N2O/c1-5-17-9-11-18(12-10-17)13-22(4)14-19(23)21-20-15(2)7-6-8-16(20)3/h6-12H,5,13-14H2,1-4H3,(H,21,23)/p+1. The number of likely N-dealkylation sites (N-methyl/N-ethyl adjacent to an activating group) is 1. The molecule has 0 aliphatic rings. The van der Waals surface area contributed by atoms with Crippen LogP contribution in [0.5, 0.6) is 0 Å². The summed E-state index contributed by atoms with van der Waals surface area (Å²) < 4.78 is 0. The van der Waals surface area contributed by atoms with Crippen LogP contribution in [-0.4, -0.2) is 19.5 Å². The molecule has 3 nitrogen and oxygen atoms in total. The van der Waals surface area contributed by atoms with Gasteiger partial charge in [-0.15, -0.1) is 0 Å². The lowest BCUT2D eigenvalue weighted by Crippen LogP contribution is -3.08. The number of nitrogens with one attached hydrogen (secondary N) is 2. The Morgan fingerprint density at radius 3 is 2.13 bits per heavy atom. The maximum absolute atomic E-state index is 12.3. The molecule has 0 bridgehead atoms. The van der Waals surface area contributed by atoms with E-state index >= 15 is 0 Å². The molecule has 1 unspecified atom stereocenters. The summed E-state index contributed by atoms with van der Waals surface area (Å²) in [4.78, 5) is 13.5. The van der Waals surface area contributed by atoms with Crippen molar-refractivity contribution in [2.24, 2.45) is 0 Å². The van der Waals surface area contributed by atoms with E-state index in [2.05, 4.69) is 43.6 Å². The Hall–Kier alpha value is -2.13. The third kappa shape index (κ3) is 4.93. The summed E-state index contributed by atoms with van der Waals surface area (Å²) in [6, 6.07) is 14.7. The van der Waals surface area contributed by atoms with Crippen LogP contribution in [0.15, 0.2) is 42.5 Å². The number of rotatable bonds is 6. The lowest BCUT2D eigenvalue weighted by atomic mass is 10.1. The van der Waals surface area contributed by atoms with Crippen molar-refractivity contribution in [2.75, 3.05) is 18.9 Å². The van der Waals surface area contributed by atoms with Gasteiger partial charge in [-0.2, -0.15) is 0 Å². The van der Waals surface area contributed by atoms with Crippen molar-refractivity contribution in [1.29, 1.82) is 0 Å². The minimum absolute atomic E-state index is 0.0603. The van der Waals surface area contributed by atoms with Crippen molar-refractivity contribution in [3.63, 3.8) is 0 Å². The molecule has 0 saturated carbocycles. The number of quaternary nitrogens is 1. The molecule has 0 heterocycles. The molecule has 0 fully saturated rings. The van der Waals surface area contributed by atoms with Crippen LogP contribution in [0.2, 0.25) is 0 Å². The van der Waals surface area contributed by atoms with Crippen LogP contribution in [0.1, 0.15) is 29.2 Å². The number of carbonyl (C=O) groups excluding carboxylic acids is 1. The smallest absolute Gasteiger partial charge is 0.279 e. The Bertz CT molecular complexity index is 642. The Kier molecular flexibility index (Phi) is 5.94. The van der Waals surface area contributed by atoms with Crippen molar-refractivity contribution in [3.8, 4) is 0 Å². The summed E-state index contributed by atoms with van der Waals surface area (Å²) in [6.45, 7) is 7.51. The third-order valence-corrected chi connectivity index (χ3v) is 4.14. The summed E-state index contributed by atoms with van der Waals surface area (Å²) in [7, 11) is 2.05. The molecule has 0 saturated heterocycles. The monoisotopic (exact) mass is 311 g/mol. The molecule has 23 heavy (non-hydrogen) atoms. The van der Waals surface area contributed by atoms with Gasteiger partial charge in [-0.05, 0) is 37.0 Å². The Morgan fingerprint density at radius 2 is 1.57 bits per heavy atom. The van der Waals surface area contributed by atoms with Gasteiger partial charge in [-0.1, -0.05) is 49.4 Å². The molecule has 1 atom stereocenters. The minimum Gasteiger partial charge on any atom is -0.326 e. The predicted octanol–water partition coefficient (Wildman–Crippen LogP) is 2.52. The Morgan fingerprint density at radius 1 is 1.00 bits per heavy atom. The van der Waals surface area contributed by atoms with Gasteiger partial charge in [-0.25, -0.2) is 0 Å². The SMILES string of the molecule is CCc1ccc(C[NH+](C)CC(=O)Nc2c(C)cccc2C)cc1. The average molecular weight is 311 g/mol. The van der Waals surface area contributed by atoms with Gasteiger partial charge < -0.3 is 10.2 Å². The molecule has 1 amide bonds. The highest BCUT2D eigenvalue weighted by molar-refractivity contribution is 5.93. The van der Waals surface area contributed by atoms with E-state index in [4.69, 9.17) is 0 Å². The quantitative estimate of drug-likeness (QED) is 0.844. The molecule has 3 heteroatoms. The van der Waals surface area contributed by atoms with E-state index in [1.807, 2.05) is 32.0 Å². The Balaban J connectivity index is 1.91. The number of anilines is 1. The number of aryl methyl sites for hydroxylation is 3. The first-order chi connectivity index (χ1) is 11.0. The molecule has 2 aromatic carbocycles. The largest absolute Gasteiger partial charge is 0.326 e. The van der Waals surface area contributed by atoms with E-state index in [-0.39, 0.29) is 5.91 Å². The highest BCUT2D eigenvalue weighted by Crippen LogP contribution is 2.18. The molecule has 122 valence electrons. The van der Waals surface area contributed by atoms with Crippen LogP contribution >= 0.6 is 0 Å². The van der Waals surface area contributed by atoms with E-state index in [1.165, 1.54) is 16.0 Å². The van der Waals surface area contributed by atoms with Crippen LogP contribution in [0.25, 0.3) is 0 Å². The topological polar surface area (TPSA) is 33.5 Å². The van der Waals surface area contributed by atoms with E-state index in [1.54, 1.807) is 0 Å². The highest BCUT2D eigenvalue weighted by atomic mass is 16.2. The van der Waals surface area contributed by atoms with Crippen molar-refractivity contribution in [2.45, 2.75) is 33.7 Å². The molecule has 2 rings (SSSR count). The second kappa shape index (κ2) is 7.93. The van der Waals surface area contributed by atoms with Crippen LogP contribution in [0.4, 0.5) is 5.69 Å². The molecule has 2 N–H and O–H groups in total. The predicted molar refractivity (Wildman–Crippen MR) is 95.8 cm³/mol. The maximum atomic E-state index is 12.3. The minimum atomic E-state index is 0.0603. The van der Waals surface area contributed by atoms with Crippen LogP contribution in [0.3, 0.4) is 0 Å². The maximum Gasteiger partial charge on any atom is 0.279 e. The van der Waals surface area contributed by atoms with Gasteiger partial charge in [0, 0.05) is 11.3 Å². The summed E-state index contributed by atoms with van der Waals surface area (Å²) in [5.41, 5.74) is 5.76. The highest BCUT2D eigenvalue weighted by Gasteiger charge is 2.13. The van der Waals surface area contributed by atoms with Gasteiger partial charge in [0.1, 0.15) is 6.54 Å². The van der Waals surface area contributed by atoms with E-state index in [0.29, 0.717) is 6.54 Å². The zero-order valence-corrected chi connectivity index (χ0v) is 14.6. The van der Waals surface area contributed by atoms with E-state index < -0.39 is 0 Å².